The van der Waals surface area contributed by atoms with Gasteiger partial charge in [-0.15, -0.1) is 0 Å². The molecule has 0 spiro atoms. The van der Waals surface area contributed by atoms with Crippen LogP contribution in [0.25, 0.3) is 0 Å². The first-order valence-electron chi connectivity index (χ1n) is 8.44. The molecule has 2 N–H and O–H groups in total. The zero-order valence-corrected chi connectivity index (χ0v) is 12.8. The Bertz CT molecular complexity index is 322. The molecule has 1 heterocycles. The average molecular weight is 282 g/mol. The summed E-state index contributed by atoms with van der Waals surface area (Å²) in [5, 5.41) is 13.3. The number of aliphatic hydroxyl groups is 1. The number of ether oxygens (including phenoxy) is 1. The Labute approximate surface area is 122 Å². The first-order chi connectivity index (χ1) is 9.70. The van der Waals surface area contributed by atoms with Gasteiger partial charge >= 0.3 is 0 Å². The number of nitrogens with one attached hydrogen (secondary N) is 1. The highest BCUT2D eigenvalue weighted by molar-refractivity contribution is 4.93. The summed E-state index contributed by atoms with van der Waals surface area (Å²) in [6.07, 6.45) is 9.17. The molecule has 2 saturated carbocycles. The molecule has 0 aromatic carbocycles. The van der Waals surface area contributed by atoms with Gasteiger partial charge in [-0.25, -0.2) is 0 Å². The molecule has 0 bridgehead atoms. The number of morpholine rings is 1. The van der Waals surface area contributed by atoms with Crippen molar-refractivity contribution in [2.24, 2.45) is 0 Å². The summed E-state index contributed by atoms with van der Waals surface area (Å²) in [4.78, 5) is 2.64. The third-order valence-corrected chi connectivity index (χ3v) is 5.25. The highest BCUT2D eigenvalue weighted by Crippen LogP contribution is 2.30. The predicted octanol–water partition coefficient (Wildman–Crippen LogP) is 1.52. The third kappa shape index (κ3) is 3.53. The summed E-state index contributed by atoms with van der Waals surface area (Å²) in [7, 11) is 0. The van der Waals surface area contributed by atoms with E-state index in [0.717, 1.165) is 26.1 Å². The Morgan fingerprint density at radius 1 is 1.30 bits per heavy atom. The van der Waals surface area contributed by atoms with Gasteiger partial charge in [-0.3, -0.25) is 4.90 Å². The van der Waals surface area contributed by atoms with Gasteiger partial charge in [0.25, 0.3) is 0 Å². The van der Waals surface area contributed by atoms with E-state index >= 15 is 0 Å². The Morgan fingerprint density at radius 3 is 2.90 bits per heavy atom. The van der Waals surface area contributed by atoms with Crippen LogP contribution >= 0.6 is 0 Å². The minimum absolute atomic E-state index is 0.0808. The molecule has 3 unspecified atom stereocenters. The molecule has 3 aliphatic rings. The van der Waals surface area contributed by atoms with Crippen LogP contribution in [-0.2, 0) is 4.74 Å². The second-order valence-corrected chi connectivity index (χ2v) is 7.18. The van der Waals surface area contributed by atoms with Gasteiger partial charge in [-0.05, 0) is 58.4 Å². The van der Waals surface area contributed by atoms with Crippen LogP contribution in [0, 0.1) is 0 Å². The van der Waals surface area contributed by atoms with E-state index in [-0.39, 0.29) is 12.1 Å². The van der Waals surface area contributed by atoms with E-state index in [0.29, 0.717) is 18.2 Å². The van der Waals surface area contributed by atoms with Gasteiger partial charge in [0.2, 0.25) is 0 Å². The van der Waals surface area contributed by atoms with E-state index < -0.39 is 0 Å². The van der Waals surface area contributed by atoms with E-state index in [2.05, 4.69) is 17.1 Å². The maximum absolute atomic E-state index is 9.65. The number of fused-ring (bicyclic) bond motifs is 1. The van der Waals surface area contributed by atoms with Gasteiger partial charge in [-0.2, -0.15) is 0 Å². The molecular weight excluding hydrogens is 252 g/mol. The number of hydrogen-bond acceptors (Lipinski definition) is 4. The fourth-order valence-electron chi connectivity index (χ4n) is 3.87. The maximum atomic E-state index is 9.65. The summed E-state index contributed by atoms with van der Waals surface area (Å²) in [5.74, 6) is 0. The van der Waals surface area contributed by atoms with Crippen molar-refractivity contribution in [2.75, 3.05) is 26.3 Å². The second kappa shape index (κ2) is 6.30. The third-order valence-electron chi connectivity index (χ3n) is 5.25. The summed E-state index contributed by atoms with van der Waals surface area (Å²) < 4.78 is 5.87. The normalized spacial score (nSPS) is 33.9. The Morgan fingerprint density at radius 2 is 2.15 bits per heavy atom. The van der Waals surface area contributed by atoms with Gasteiger partial charge in [0.15, 0.2) is 0 Å². The summed E-state index contributed by atoms with van der Waals surface area (Å²) in [5.41, 5.74) is -0.0808. The van der Waals surface area contributed by atoms with E-state index in [9.17, 15) is 5.11 Å². The lowest BCUT2D eigenvalue weighted by molar-refractivity contribution is -0.0564. The van der Waals surface area contributed by atoms with E-state index in [1.54, 1.807) is 0 Å². The highest BCUT2D eigenvalue weighted by atomic mass is 16.5. The van der Waals surface area contributed by atoms with E-state index in [1.807, 2.05) is 0 Å². The van der Waals surface area contributed by atoms with Crippen LogP contribution in [-0.4, -0.2) is 60.0 Å². The maximum Gasteiger partial charge on any atom is 0.0730 e. The first kappa shape index (κ1) is 14.8. The number of hydrogen-bond donors (Lipinski definition) is 2. The van der Waals surface area contributed by atoms with Gasteiger partial charge in [0.05, 0.1) is 19.3 Å². The minimum Gasteiger partial charge on any atom is -0.394 e. The fraction of sp³-hybridized carbons (Fsp3) is 1.00. The van der Waals surface area contributed by atoms with Gasteiger partial charge < -0.3 is 15.2 Å². The van der Waals surface area contributed by atoms with Crippen molar-refractivity contribution in [3.8, 4) is 0 Å². The fourth-order valence-corrected chi connectivity index (χ4v) is 3.87. The molecule has 20 heavy (non-hydrogen) atoms. The molecule has 3 rings (SSSR count). The Balaban J connectivity index is 1.43. The van der Waals surface area contributed by atoms with Crippen LogP contribution in [0.5, 0.6) is 0 Å². The molecular formula is C16H30N2O2. The minimum atomic E-state index is -0.0808. The molecule has 0 amide bonds. The molecule has 0 radical (unpaired) electrons. The monoisotopic (exact) mass is 282 g/mol. The Kier molecular flexibility index (Phi) is 4.65. The molecule has 1 aliphatic heterocycles. The lowest BCUT2D eigenvalue weighted by Gasteiger charge is -2.38. The van der Waals surface area contributed by atoms with Crippen LogP contribution in [0.3, 0.4) is 0 Å². The molecule has 0 aromatic rings. The van der Waals surface area contributed by atoms with Crippen molar-refractivity contribution in [2.45, 2.75) is 75.6 Å². The SMILES string of the molecule is CC(CO)(CCCN1CCOC2CCCC21)NC1CC1. The Hall–Kier alpha value is -0.160. The number of rotatable bonds is 7. The summed E-state index contributed by atoms with van der Waals surface area (Å²) >= 11 is 0. The highest BCUT2D eigenvalue weighted by Gasteiger charge is 2.36. The zero-order chi connectivity index (χ0) is 14.0. The van der Waals surface area contributed by atoms with E-state index in [1.165, 1.54) is 38.5 Å². The molecule has 116 valence electrons. The van der Waals surface area contributed by atoms with Crippen LogP contribution < -0.4 is 5.32 Å². The second-order valence-electron chi connectivity index (χ2n) is 7.18. The molecule has 0 aromatic heterocycles. The smallest absolute Gasteiger partial charge is 0.0730 e. The van der Waals surface area contributed by atoms with Crippen LogP contribution in [0.2, 0.25) is 0 Å². The average Bonchev–Trinajstić information content (AvgIpc) is 3.12. The summed E-state index contributed by atoms with van der Waals surface area (Å²) in [6, 6.07) is 1.33. The van der Waals surface area contributed by atoms with Crippen LogP contribution in [0.4, 0.5) is 0 Å². The molecule has 2 aliphatic carbocycles. The van der Waals surface area contributed by atoms with Gasteiger partial charge in [-0.1, -0.05) is 0 Å². The van der Waals surface area contributed by atoms with Gasteiger partial charge in [0.1, 0.15) is 0 Å². The molecule has 4 nitrogen and oxygen atoms in total. The largest absolute Gasteiger partial charge is 0.394 e. The molecule has 4 heteroatoms. The zero-order valence-electron chi connectivity index (χ0n) is 12.8. The van der Waals surface area contributed by atoms with Gasteiger partial charge in [0, 0.05) is 24.2 Å². The molecule has 3 atom stereocenters. The lowest BCUT2D eigenvalue weighted by Crippen LogP contribution is -2.50. The summed E-state index contributed by atoms with van der Waals surface area (Å²) in [6.45, 7) is 5.57. The van der Waals surface area contributed by atoms with Crippen LogP contribution in [0.15, 0.2) is 0 Å². The number of aliphatic hydroxyl groups excluding tert-OH is 1. The van der Waals surface area contributed by atoms with Crippen molar-refractivity contribution in [3.05, 3.63) is 0 Å². The van der Waals surface area contributed by atoms with E-state index in [4.69, 9.17) is 4.74 Å². The van der Waals surface area contributed by atoms with Crippen molar-refractivity contribution in [1.29, 1.82) is 0 Å². The quantitative estimate of drug-likeness (QED) is 0.743. The molecule has 3 fully saturated rings. The topological polar surface area (TPSA) is 44.7 Å². The standard InChI is InChI=1S/C16H30N2O2/c1-16(12-19,17-13-6-7-13)8-3-9-18-10-11-20-15-5-2-4-14(15)18/h13-15,17,19H,2-12H2,1H3. The van der Waals surface area contributed by atoms with Crippen molar-refractivity contribution in [3.63, 3.8) is 0 Å². The van der Waals surface area contributed by atoms with Crippen molar-refractivity contribution in [1.82, 2.24) is 10.2 Å². The predicted molar refractivity (Wildman–Crippen MR) is 79.8 cm³/mol. The van der Waals surface area contributed by atoms with Crippen molar-refractivity contribution < 1.29 is 9.84 Å². The van der Waals surface area contributed by atoms with Crippen molar-refractivity contribution >= 4 is 0 Å². The molecule has 1 saturated heterocycles. The lowest BCUT2D eigenvalue weighted by atomic mass is 9.96. The first-order valence-corrected chi connectivity index (χ1v) is 8.44. The number of nitrogens with zero attached hydrogens (tertiary/aromatic N) is 1. The van der Waals surface area contributed by atoms with Crippen LogP contribution in [0.1, 0.15) is 51.9 Å².